The number of aliphatic hydroxyl groups excluding tert-OH is 1. The van der Waals surface area contributed by atoms with Crippen LogP contribution in [0.25, 0.3) is 0 Å². The van der Waals surface area contributed by atoms with Gasteiger partial charge in [-0.05, 0) is 25.0 Å². The van der Waals surface area contributed by atoms with Crippen molar-refractivity contribution in [2.24, 2.45) is 0 Å². The van der Waals surface area contributed by atoms with Crippen LogP contribution in [0.2, 0.25) is 0 Å². The van der Waals surface area contributed by atoms with Crippen molar-refractivity contribution in [3.05, 3.63) is 29.6 Å². The number of nitrogens with one attached hydrogen (secondary N) is 1. The quantitative estimate of drug-likeness (QED) is 0.858. The Morgan fingerprint density at radius 3 is 2.95 bits per heavy atom. The first-order valence-electron chi connectivity index (χ1n) is 7.01. The van der Waals surface area contributed by atoms with E-state index >= 15 is 0 Å². The topological polar surface area (TPSA) is 35.5 Å². The third-order valence-corrected chi connectivity index (χ3v) is 3.68. The number of benzene rings is 1. The van der Waals surface area contributed by atoms with E-state index in [0.29, 0.717) is 18.2 Å². The van der Waals surface area contributed by atoms with Gasteiger partial charge in [-0.2, -0.15) is 0 Å². The SMILES string of the molecule is CC(C)NCc1c(F)cccc1N1CCCC1CO. The first-order chi connectivity index (χ1) is 9.13. The van der Waals surface area contributed by atoms with Gasteiger partial charge >= 0.3 is 0 Å². The van der Waals surface area contributed by atoms with E-state index in [1.165, 1.54) is 6.07 Å². The molecule has 0 saturated carbocycles. The van der Waals surface area contributed by atoms with E-state index in [0.717, 1.165) is 25.1 Å². The molecule has 1 saturated heterocycles. The van der Waals surface area contributed by atoms with E-state index in [2.05, 4.69) is 10.2 Å². The first kappa shape index (κ1) is 14.3. The molecule has 0 bridgehead atoms. The maximum atomic E-state index is 14.1. The molecule has 0 aromatic heterocycles. The van der Waals surface area contributed by atoms with Gasteiger partial charge in [0.15, 0.2) is 0 Å². The lowest BCUT2D eigenvalue weighted by molar-refractivity contribution is 0.266. The van der Waals surface area contributed by atoms with E-state index in [-0.39, 0.29) is 18.5 Å². The fourth-order valence-electron chi connectivity index (χ4n) is 2.64. The summed E-state index contributed by atoms with van der Waals surface area (Å²) in [6.07, 6.45) is 2.03. The number of anilines is 1. The molecule has 0 aliphatic carbocycles. The number of rotatable bonds is 5. The number of aliphatic hydroxyl groups is 1. The summed E-state index contributed by atoms with van der Waals surface area (Å²) in [5, 5.41) is 12.7. The molecule has 1 aromatic carbocycles. The Bertz CT molecular complexity index is 423. The van der Waals surface area contributed by atoms with Crippen molar-refractivity contribution in [3.63, 3.8) is 0 Å². The largest absolute Gasteiger partial charge is 0.394 e. The summed E-state index contributed by atoms with van der Waals surface area (Å²) in [5.74, 6) is -0.172. The zero-order valence-corrected chi connectivity index (χ0v) is 11.7. The molecule has 1 unspecified atom stereocenters. The summed E-state index contributed by atoms with van der Waals surface area (Å²) in [5.41, 5.74) is 1.63. The molecule has 0 spiro atoms. The van der Waals surface area contributed by atoms with Crippen LogP contribution in [-0.4, -0.2) is 30.3 Å². The Morgan fingerprint density at radius 2 is 2.26 bits per heavy atom. The third kappa shape index (κ3) is 3.25. The molecule has 1 aliphatic heterocycles. The third-order valence-electron chi connectivity index (χ3n) is 3.68. The van der Waals surface area contributed by atoms with Crippen LogP contribution in [-0.2, 0) is 6.54 Å². The van der Waals surface area contributed by atoms with Gasteiger partial charge in [0.2, 0.25) is 0 Å². The van der Waals surface area contributed by atoms with E-state index < -0.39 is 0 Å². The van der Waals surface area contributed by atoms with Crippen LogP contribution in [0.1, 0.15) is 32.3 Å². The van der Waals surface area contributed by atoms with Crippen molar-refractivity contribution in [2.45, 2.75) is 45.3 Å². The van der Waals surface area contributed by atoms with Crippen LogP contribution in [0.3, 0.4) is 0 Å². The van der Waals surface area contributed by atoms with Gasteiger partial charge in [0.25, 0.3) is 0 Å². The summed E-state index contributed by atoms with van der Waals surface area (Å²) < 4.78 is 14.1. The standard InChI is InChI=1S/C15H23FN2O/c1-11(2)17-9-13-14(16)6-3-7-15(13)18-8-4-5-12(18)10-19/h3,6-7,11-12,17,19H,4-5,8-10H2,1-2H3. The molecule has 1 aromatic rings. The second-order valence-electron chi connectivity index (χ2n) is 5.45. The molecule has 1 aliphatic rings. The first-order valence-corrected chi connectivity index (χ1v) is 7.01. The Morgan fingerprint density at radius 1 is 1.47 bits per heavy atom. The van der Waals surface area contributed by atoms with E-state index in [9.17, 15) is 9.50 Å². The van der Waals surface area contributed by atoms with Gasteiger partial charge in [0.1, 0.15) is 5.82 Å². The predicted molar refractivity (Wildman–Crippen MR) is 75.8 cm³/mol. The zero-order chi connectivity index (χ0) is 13.8. The smallest absolute Gasteiger partial charge is 0.129 e. The molecule has 19 heavy (non-hydrogen) atoms. The van der Waals surface area contributed by atoms with Crippen LogP contribution >= 0.6 is 0 Å². The minimum Gasteiger partial charge on any atom is -0.394 e. The van der Waals surface area contributed by atoms with Gasteiger partial charge in [0.05, 0.1) is 12.6 Å². The average molecular weight is 266 g/mol. The fourth-order valence-corrected chi connectivity index (χ4v) is 2.64. The molecule has 3 nitrogen and oxygen atoms in total. The fraction of sp³-hybridized carbons (Fsp3) is 0.600. The van der Waals surface area contributed by atoms with Crippen molar-refractivity contribution < 1.29 is 9.50 Å². The highest BCUT2D eigenvalue weighted by Gasteiger charge is 2.26. The maximum absolute atomic E-state index is 14.1. The number of hydrogen-bond donors (Lipinski definition) is 2. The molecular formula is C15H23FN2O. The van der Waals surface area contributed by atoms with Gasteiger partial charge in [-0.25, -0.2) is 4.39 Å². The second-order valence-corrected chi connectivity index (χ2v) is 5.45. The van der Waals surface area contributed by atoms with Crippen LogP contribution in [0, 0.1) is 5.82 Å². The van der Waals surface area contributed by atoms with Crippen molar-refractivity contribution >= 4 is 5.69 Å². The molecule has 1 heterocycles. The minimum absolute atomic E-state index is 0.125. The highest BCUT2D eigenvalue weighted by molar-refractivity contribution is 5.55. The van der Waals surface area contributed by atoms with Gasteiger partial charge in [-0.15, -0.1) is 0 Å². The summed E-state index contributed by atoms with van der Waals surface area (Å²) >= 11 is 0. The van der Waals surface area contributed by atoms with Crippen LogP contribution in [0.4, 0.5) is 10.1 Å². The Labute approximate surface area is 114 Å². The number of nitrogens with zero attached hydrogens (tertiary/aromatic N) is 1. The molecular weight excluding hydrogens is 243 g/mol. The summed E-state index contributed by atoms with van der Waals surface area (Å²) in [6.45, 7) is 5.64. The molecule has 1 fully saturated rings. The van der Waals surface area contributed by atoms with Gasteiger partial charge in [0, 0.05) is 30.4 Å². The minimum atomic E-state index is -0.172. The Kier molecular flexibility index (Phi) is 4.77. The Balaban J connectivity index is 2.26. The molecule has 0 radical (unpaired) electrons. The van der Waals surface area contributed by atoms with E-state index in [1.54, 1.807) is 6.07 Å². The van der Waals surface area contributed by atoms with Crippen molar-refractivity contribution in [1.82, 2.24) is 5.32 Å². The average Bonchev–Trinajstić information content (AvgIpc) is 2.84. The van der Waals surface area contributed by atoms with Gasteiger partial charge in [-0.1, -0.05) is 19.9 Å². The lowest BCUT2D eigenvalue weighted by atomic mass is 10.1. The lowest BCUT2D eigenvalue weighted by Gasteiger charge is -2.28. The summed E-state index contributed by atoms with van der Waals surface area (Å²) in [6, 6.07) is 5.65. The highest BCUT2D eigenvalue weighted by atomic mass is 19.1. The highest BCUT2D eigenvalue weighted by Crippen LogP contribution is 2.30. The van der Waals surface area contributed by atoms with Gasteiger partial charge in [-0.3, -0.25) is 0 Å². The van der Waals surface area contributed by atoms with Crippen molar-refractivity contribution in [1.29, 1.82) is 0 Å². The van der Waals surface area contributed by atoms with Crippen molar-refractivity contribution in [3.8, 4) is 0 Å². The lowest BCUT2D eigenvalue weighted by Crippen LogP contribution is -2.34. The number of halogens is 1. The molecule has 106 valence electrons. The maximum Gasteiger partial charge on any atom is 0.129 e. The zero-order valence-electron chi connectivity index (χ0n) is 11.7. The van der Waals surface area contributed by atoms with Crippen LogP contribution < -0.4 is 10.2 Å². The second kappa shape index (κ2) is 6.35. The molecule has 0 amide bonds. The van der Waals surface area contributed by atoms with Crippen LogP contribution in [0.15, 0.2) is 18.2 Å². The van der Waals surface area contributed by atoms with E-state index in [4.69, 9.17) is 0 Å². The van der Waals surface area contributed by atoms with E-state index in [1.807, 2.05) is 19.9 Å². The van der Waals surface area contributed by atoms with Gasteiger partial charge < -0.3 is 15.3 Å². The van der Waals surface area contributed by atoms with Crippen molar-refractivity contribution in [2.75, 3.05) is 18.1 Å². The molecule has 2 rings (SSSR count). The van der Waals surface area contributed by atoms with Crippen LogP contribution in [0.5, 0.6) is 0 Å². The number of hydrogen-bond acceptors (Lipinski definition) is 3. The monoisotopic (exact) mass is 266 g/mol. The Hall–Kier alpha value is -1.13. The summed E-state index contributed by atoms with van der Waals surface area (Å²) in [7, 11) is 0. The molecule has 1 atom stereocenters. The summed E-state index contributed by atoms with van der Waals surface area (Å²) in [4.78, 5) is 2.14. The molecule has 4 heteroatoms. The normalized spacial score (nSPS) is 19.4. The predicted octanol–water partition coefficient (Wildman–Crippen LogP) is 2.28. The molecule has 2 N–H and O–H groups in total.